The average Bonchev–Trinajstić information content (AvgIpc) is 3.59. The van der Waals surface area contributed by atoms with Gasteiger partial charge in [0.2, 0.25) is 15.9 Å². The van der Waals surface area contributed by atoms with Crippen LogP contribution < -0.4 is 15.8 Å². The summed E-state index contributed by atoms with van der Waals surface area (Å²) in [5, 5.41) is 13.3. The lowest BCUT2D eigenvalue weighted by molar-refractivity contribution is -0.146. The molecule has 5 N–H and O–H groups in total. The molecule has 0 saturated carbocycles. The minimum absolute atomic E-state index is 0.00392. The Morgan fingerprint density at radius 2 is 1.80 bits per heavy atom. The van der Waals surface area contributed by atoms with Gasteiger partial charge in [-0.2, -0.15) is 4.72 Å². The fraction of sp³-hybridized carbons (Fsp3) is 0.444. The topological polar surface area (TPSA) is 162 Å². The van der Waals surface area contributed by atoms with Crippen molar-refractivity contribution < 1.29 is 27.9 Å². The van der Waals surface area contributed by atoms with E-state index < -0.39 is 51.7 Å². The van der Waals surface area contributed by atoms with Gasteiger partial charge in [-0.05, 0) is 48.1 Å². The summed E-state index contributed by atoms with van der Waals surface area (Å²) in [5.74, 6) is -2.41. The first-order valence-corrected chi connectivity index (χ1v) is 15.2. The molecule has 3 atom stereocenters. The molecule has 2 aliphatic rings. The van der Waals surface area contributed by atoms with Crippen LogP contribution in [0.5, 0.6) is 0 Å². The lowest BCUT2D eigenvalue weighted by atomic mass is 10.1. The van der Waals surface area contributed by atoms with Gasteiger partial charge in [0.25, 0.3) is 11.8 Å². The minimum atomic E-state index is -4.12. The highest BCUT2D eigenvalue weighted by molar-refractivity contribution is 7.88. The Morgan fingerprint density at radius 1 is 1.05 bits per heavy atom. The normalized spacial score (nSPS) is 20.0. The van der Waals surface area contributed by atoms with Crippen molar-refractivity contribution in [3.63, 3.8) is 0 Å². The second-order valence-corrected chi connectivity index (χ2v) is 12.2. The van der Waals surface area contributed by atoms with E-state index >= 15 is 0 Å². The fourth-order valence-electron chi connectivity index (χ4n) is 5.07. The van der Waals surface area contributed by atoms with Gasteiger partial charge in [-0.3, -0.25) is 14.4 Å². The van der Waals surface area contributed by atoms with E-state index in [-0.39, 0.29) is 32.7 Å². The van der Waals surface area contributed by atoms with Gasteiger partial charge >= 0.3 is 0 Å². The summed E-state index contributed by atoms with van der Waals surface area (Å²) in [4.78, 5) is 42.9. The van der Waals surface area contributed by atoms with E-state index in [1.165, 1.54) is 9.80 Å². The SMILES string of the molecule is NCc1ccc(Cl)cc1CNC(=O)[C@@H]1CCCN1C(=O)C(NS(=O)(=O)Cc1ccccc1)C(=O)N1CC[C@@H](O)C1. The monoisotopic (exact) mass is 591 g/mol. The molecular formula is C27H34ClN5O6S. The van der Waals surface area contributed by atoms with Crippen molar-refractivity contribution in [3.05, 3.63) is 70.2 Å². The molecule has 3 amide bonds. The van der Waals surface area contributed by atoms with Crippen LogP contribution in [0.2, 0.25) is 5.02 Å². The molecule has 2 heterocycles. The molecule has 2 aliphatic heterocycles. The Labute approximate surface area is 238 Å². The van der Waals surface area contributed by atoms with E-state index in [0.717, 1.165) is 11.1 Å². The van der Waals surface area contributed by atoms with Crippen LogP contribution in [0.15, 0.2) is 48.5 Å². The Balaban J connectivity index is 1.52. The Kier molecular flexibility index (Phi) is 9.80. The maximum absolute atomic E-state index is 13.8. The first-order valence-electron chi connectivity index (χ1n) is 13.1. The molecule has 0 radical (unpaired) electrons. The number of nitrogens with one attached hydrogen (secondary N) is 2. The third-order valence-electron chi connectivity index (χ3n) is 7.15. The summed E-state index contributed by atoms with van der Waals surface area (Å²) < 4.78 is 28.4. The average molecular weight is 592 g/mol. The van der Waals surface area contributed by atoms with Crippen LogP contribution in [0.25, 0.3) is 0 Å². The van der Waals surface area contributed by atoms with Gasteiger partial charge in [0.05, 0.1) is 11.9 Å². The zero-order valence-electron chi connectivity index (χ0n) is 22.0. The Morgan fingerprint density at radius 3 is 2.48 bits per heavy atom. The van der Waals surface area contributed by atoms with Gasteiger partial charge in [-0.15, -0.1) is 0 Å². The number of hydrogen-bond donors (Lipinski definition) is 4. The molecule has 2 saturated heterocycles. The summed E-state index contributed by atoms with van der Waals surface area (Å²) in [6.07, 6.45) is 0.439. The number of amides is 3. The highest BCUT2D eigenvalue weighted by atomic mass is 35.5. The molecule has 216 valence electrons. The summed E-state index contributed by atoms with van der Waals surface area (Å²) >= 11 is 6.10. The molecule has 11 nitrogen and oxygen atoms in total. The Hall–Kier alpha value is -3.03. The third kappa shape index (κ3) is 7.38. The molecule has 0 bridgehead atoms. The van der Waals surface area contributed by atoms with Crippen molar-refractivity contribution in [1.82, 2.24) is 19.8 Å². The molecular weight excluding hydrogens is 558 g/mol. The van der Waals surface area contributed by atoms with Crippen LogP contribution in [0.3, 0.4) is 0 Å². The first-order chi connectivity index (χ1) is 19.1. The minimum Gasteiger partial charge on any atom is -0.391 e. The number of carbonyl (C=O) groups excluding carboxylic acids is 3. The van der Waals surface area contributed by atoms with Gasteiger partial charge in [-0.1, -0.05) is 48.0 Å². The van der Waals surface area contributed by atoms with Crippen molar-refractivity contribution in [3.8, 4) is 0 Å². The number of sulfonamides is 1. The number of benzene rings is 2. The van der Waals surface area contributed by atoms with Gasteiger partial charge < -0.3 is 26.0 Å². The quantitative estimate of drug-likeness (QED) is 0.292. The molecule has 0 aliphatic carbocycles. The van der Waals surface area contributed by atoms with Gasteiger partial charge in [0.15, 0.2) is 6.04 Å². The van der Waals surface area contributed by atoms with E-state index in [2.05, 4.69) is 10.0 Å². The predicted octanol–water partition coefficient (Wildman–Crippen LogP) is 0.487. The molecule has 13 heteroatoms. The van der Waals surface area contributed by atoms with Crippen LogP contribution in [-0.4, -0.2) is 78.9 Å². The van der Waals surface area contributed by atoms with Crippen molar-refractivity contribution >= 4 is 39.3 Å². The molecule has 2 aromatic rings. The van der Waals surface area contributed by atoms with Gasteiger partial charge in [-0.25, -0.2) is 8.42 Å². The van der Waals surface area contributed by atoms with E-state index in [1.807, 2.05) is 0 Å². The number of aliphatic hydroxyl groups is 1. The van der Waals surface area contributed by atoms with Crippen molar-refractivity contribution in [2.24, 2.45) is 5.73 Å². The van der Waals surface area contributed by atoms with E-state index in [1.54, 1.807) is 48.5 Å². The number of hydrogen-bond acceptors (Lipinski definition) is 7. The highest BCUT2D eigenvalue weighted by Crippen LogP contribution is 2.22. The zero-order chi connectivity index (χ0) is 28.9. The molecule has 0 spiro atoms. The first kappa shape index (κ1) is 29.9. The predicted molar refractivity (Wildman–Crippen MR) is 149 cm³/mol. The number of rotatable bonds is 10. The van der Waals surface area contributed by atoms with Crippen molar-refractivity contribution in [2.75, 3.05) is 19.6 Å². The lowest BCUT2D eigenvalue weighted by Crippen LogP contribution is -2.59. The standard InChI is InChI=1S/C27H34ClN5O6S/c28-21-9-8-19(14-29)20(13-21)15-30-25(35)23-7-4-11-33(23)27(37)24(26(36)32-12-10-22(34)16-32)31-40(38,39)17-18-5-2-1-3-6-18/h1-3,5-6,8-9,13,22-24,31,34H,4,7,10-12,14-17,29H2,(H,30,35)/t22-,23+,24?/m1/s1. The van der Waals surface area contributed by atoms with E-state index in [4.69, 9.17) is 17.3 Å². The van der Waals surface area contributed by atoms with Crippen LogP contribution in [0.1, 0.15) is 36.0 Å². The summed E-state index contributed by atoms with van der Waals surface area (Å²) in [6, 6.07) is 11.0. The van der Waals surface area contributed by atoms with Gasteiger partial charge in [0.1, 0.15) is 6.04 Å². The number of likely N-dealkylation sites (tertiary alicyclic amines) is 2. The number of β-amino-alcohol motifs (C(OH)–C–C–N with tert-alkyl or cyclic N) is 1. The van der Waals surface area contributed by atoms with Crippen LogP contribution in [0.4, 0.5) is 0 Å². The number of aliphatic hydroxyl groups excluding tert-OH is 1. The molecule has 4 rings (SSSR count). The second-order valence-electron chi connectivity index (χ2n) is 10.0. The molecule has 40 heavy (non-hydrogen) atoms. The second kappa shape index (κ2) is 13.1. The number of halogens is 1. The molecule has 1 unspecified atom stereocenters. The van der Waals surface area contributed by atoms with Crippen LogP contribution in [0, 0.1) is 0 Å². The maximum Gasteiger partial charge on any atom is 0.251 e. The summed E-state index contributed by atoms with van der Waals surface area (Å²) in [6.45, 7) is 0.777. The number of nitrogens with zero attached hydrogens (tertiary/aromatic N) is 2. The molecule has 2 aromatic carbocycles. The van der Waals surface area contributed by atoms with Gasteiger partial charge in [0, 0.05) is 37.7 Å². The highest BCUT2D eigenvalue weighted by Gasteiger charge is 2.43. The van der Waals surface area contributed by atoms with E-state index in [0.29, 0.717) is 29.8 Å². The number of nitrogens with two attached hydrogens (primary N) is 1. The van der Waals surface area contributed by atoms with Crippen LogP contribution in [-0.2, 0) is 43.2 Å². The van der Waals surface area contributed by atoms with Crippen molar-refractivity contribution in [1.29, 1.82) is 0 Å². The van der Waals surface area contributed by atoms with Crippen molar-refractivity contribution in [2.45, 2.75) is 56.3 Å². The maximum atomic E-state index is 13.8. The Bertz CT molecular complexity index is 1340. The molecule has 0 aromatic heterocycles. The largest absolute Gasteiger partial charge is 0.391 e. The third-order valence-corrected chi connectivity index (χ3v) is 8.69. The van der Waals surface area contributed by atoms with E-state index in [9.17, 15) is 27.9 Å². The summed E-state index contributed by atoms with van der Waals surface area (Å²) in [5.41, 5.74) is 7.84. The van der Waals surface area contributed by atoms with Crippen LogP contribution >= 0.6 is 11.6 Å². The fourth-order valence-corrected chi connectivity index (χ4v) is 6.54. The summed E-state index contributed by atoms with van der Waals surface area (Å²) in [7, 11) is -4.12. The zero-order valence-corrected chi connectivity index (χ0v) is 23.5. The smallest absolute Gasteiger partial charge is 0.251 e. The number of carbonyl (C=O) groups is 3. The lowest BCUT2D eigenvalue weighted by Gasteiger charge is -2.30. The molecule has 2 fully saturated rings.